The van der Waals surface area contributed by atoms with Crippen molar-refractivity contribution in [3.63, 3.8) is 0 Å². The number of fused-ring (bicyclic) bond motifs is 1. The lowest BCUT2D eigenvalue weighted by Crippen LogP contribution is -2.49. The van der Waals surface area contributed by atoms with Gasteiger partial charge in [-0.3, -0.25) is 9.59 Å². The molecule has 1 saturated heterocycles. The van der Waals surface area contributed by atoms with Crippen molar-refractivity contribution in [2.24, 2.45) is 5.92 Å². The van der Waals surface area contributed by atoms with Gasteiger partial charge in [-0.2, -0.15) is 0 Å². The molecule has 2 amide bonds. The van der Waals surface area contributed by atoms with Crippen LogP contribution in [0.4, 0.5) is 11.4 Å². The zero-order chi connectivity index (χ0) is 22.1. The van der Waals surface area contributed by atoms with Crippen LogP contribution < -0.4 is 15.0 Å². The molecule has 164 valence electrons. The van der Waals surface area contributed by atoms with Gasteiger partial charge in [0, 0.05) is 43.9 Å². The van der Waals surface area contributed by atoms with Crippen molar-refractivity contribution in [3.8, 4) is 5.75 Å². The summed E-state index contributed by atoms with van der Waals surface area (Å²) in [5.41, 5.74) is 2.27. The molecule has 2 fully saturated rings. The molecule has 1 aliphatic carbocycles. The number of carbonyl (C=O) groups excluding carboxylic acids is 2. The summed E-state index contributed by atoms with van der Waals surface area (Å²) in [6.07, 6.45) is 1.85. The first kappa shape index (κ1) is 20.4. The van der Waals surface area contributed by atoms with Gasteiger partial charge in [-0.1, -0.05) is 30.3 Å². The normalized spacial score (nSPS) is 16.2. The van der Waals surface area contributed by atoms with E-state index in [9.17, 15) is 9.59 Å². The Morgan fingerprint density at radius 2 is 1.62 bits per heavy atom. The maximum absolute atomic E-state index is 13.5. The molecule has 1 aliphatic heterocycles. The van der Waals surface area contributed by atoms with Gasteiger partial charge in [0.1, 0.15) is 5.75 Å². The minimum Gasteiger partial charge on any atom is -0.497 e. The molecule has 32 heavy (non-hydrogen) atoms. The van der Waals surface area contributed by atoms with E-state index in [0.717, 1.165) is 48.1 Å². The molecule has 5 rings (SSSR count). The third-order valence-electron chi connectivity index (χ3n) is 6.31. The number of ether oxygens (including phenoxy) is 1. The standard InChI is InChI=1S/C26H27N3O3/c1-32-22-8-4-7-21(17-22)28-11-13-29(14-12-28)26(31)23-15-19-5-2-3-6-20(19)16-24(23)27-25(30)18-9-10-18/h2-8,15-18H,9-14H2,1H3,(H,27,30). The number of hydrogen-bond acceptors (Lipinski definition) is 4. The first-order valence-corrected chi connectivity index (χ1v) is 11.1. The predicted molar refractivity (Wildman–Crippen MR) is 126 cm³/mol. The van der Waals surface area contributed by atoms with E-state index in [4.69, 9.17) is 4.74 Å². The Morgan fingerprint density at radius 1 is 0.906 bits per heavy atom. The molecule has 1 saturated carbocycles. The van der Waals surface area contributed by atoms with Crippen molar-refractivity contribution in [3.05, 3.63) is 66.2 Å². The molecule has 0 unspecified atom stereocenters. The molecule has 3 aromatic carbocycles. The van der Waals surface area contributed by atoms with Crippen molar-refractivity contribution >= 4 is 34.0 Å². The Hall–Kier alpha value is -3.54. The lowest BCUT2D eigenvalue weighted by molar-refractivity contribution is -0.117. The van der Waals surface area contributed by atoms with Gasteiger partial charge in [-0.05, 0) is 47.9 Å². The minimum absolute atomic E-state index is 0.0113. The average molecular weight is 430 g/mol. The van der Waals surface area contributed by atoms with Gasteiger partial charge in [0.2, 0.25) is 5.91 Å². The van der Waals surface area contributed by atoms with Gasteiger partial charge in [0.05, 0.1) is 18.4 Å². The fourth-order valence-corrected chi connectivity index (χ4v) is 4.25. The third-order valence-corrected chi connectivity index (χ3v) is 6.31. The molecule has 0 atom stereocenters. The number of amides is 2. The van der Waals surface area contributed by atoms with E-state index < -0.39 is 0 Å². The summed E-state index contributed by atoms with van der Waals surface area (Å²) in [4.78, 5) is 30.1. The van der Waals surface area contributed by atoms with Crippen molar-refractivity contribution in [1.29, 1.82) is 0 Å². The fraction of sp³-hybridized carbons (Fsp3) is 0.308. The van der Waals surface area contributed by atoms with Crippen LogP contribution in [0, 0.1) is 5.92 Å². The molecule has 2 aliphatic rings. The van der Waals surface area contributed by atoms with Gasteiger partial charge in [0.25, 0.3) is 5.91 Å². The summed E-state index contributed by atoms with van der Waals surface area (Å²) in [6, 6.07) is 19.8. The summed E-state index contributed by atoms with van der Waals surface area (Å²) in [7, 11) is 1.67. The molecule has 0 radical (unpaired) electrons. The summed E-state index contributed by atoms with van der Waals surface area (Å²) in [5.74, 6) is 0.883. The van der Waals surface area contributed by atoms with Gasteiger partial charge >= 0.3 is 0 Å². The highest BCUT2D eigenvalue weighted by Gasteiger charge is 2.31. The second-order valence-corrected chi connectivity index (χ2v) is 8.49. The number of rotatable bonds is 5. The Balaban J connectivity index is 1.36. The van der Waals surface area contributed by atoms with Crippen LogP contribution in [0.2, 0.25) is 0 Å². The third kappa shape index (κ3) is 4.13. The highest BCUT2D eigenvalue weighted by atomic mass is 16.5. The number of hydrogen-bond donors (Lipinski definition) is 1. The average Bonchev–Trinajstić information content (AvgIpc) is 3.69. The Kier molecular flexibility index (Phi) is 5.43. The maximum Gasteiger partial charge on any atom is 0.256 e. The molecular weight excluding hydrogens is 402 g/mol. The lowest BCUT2D eigenvalue weighted by Gasteiger charge is -2.36. The van der Waals surface area contributed by atoms with Crippen LogP contribution in [0.15, 0.2) is 60.7 Å². The minimum atomic E-state index is -0.0351. The maximum atomic E-state index is 13.5. The van der Waals surface area contributed by atoms with E-state index in [-0.39, 0.29) is 17.7 Å². The predicted octanol–water partition coefficient (Wildman–Crippen LogP) is 4.16. The summed E-state index contributed by atoms with van der Waals surface area (Å²) in [5, 5.41) is 5.03. The SMILES string of the molecule is COc1cccc(N2CCN(C(=O)c3cc4ccccc4cc3NC(=O)C3CC3)CC2)c1. The van der Waals surface area contributed by atoms with Crippen molar-refractivity contribution in [2.45, 2.75) is 12.8 Å². The van der Waals surface area contributed by atoms with Gasteiger partial charge in [0.15, 0.2) is 0 Å². The van der Waals surface area contributed by atoms with Crippen LogP contribution in [0.25, 0.3) is 10.8 Å². The highest BCUT2D eigenvalue weighted by Crippen LogP contribution is 2.32. The first-order chi connectivity index (χ1) is 15.6. The van der Waals surface area contributed by atoms with E-state index >= 15 is 0 Å². The second-order valence-electron chi connectivity index (χ2n) is 8.49. The van der Waals surface area contributed by atoms with Crippen LogP contribution in [0.3, 0.4) is 0 Å². The summed E-state index contributed by atoms with van der Waals surface area (Å²) in [6.45, 7) is 2.74. The molecule has 6 heteroatoms. The molecule has 1 N–H and O–H groups in total. The number of methoxy groups -OCH3 is 1. The summed E-state index contributed by atoms with van der Waals surface area (Å²) < 4.78 is 5.34. The molecule has 6 nitrogen and oxygen atoms in total. The number of nitrogens with one attached hydrogen (secondary N) is 1. The molecule has 3 aromatic rings. The van der Waals surface area contributed by atoms with Crippen LogP contribution in [0.1, 0.15) is 23.2 Å². The largest absolute Gasteiger partial charge is 0.497 e. The highest BCUT2D eigenvalue weighted by molar-refractivity contribution is 6.08. The van der Waals surface area contributed by atoms with E-state index in [0.29, 0.717) is 24.3 Å². The number of benzene rings is 3. The van der Waals surface area contributed by atoms with Crippen LogP contribution in [-0.4, -0.2) is 50.0 Å². The van der Waals surface area contributed by atoms with Gasteiger partial charge < -0.3 is 19.9 Å². The van der Waals surface area contributed by atoms with Crippen molar-refractivity contribution in [2.75, 3.05) is 43.5 Å². The van der Waals surface area contributed by atoms with E-state index in [1.807, 2.05) is 59.5 Å². The van der Waals surface area contributed by atoms with E-state index in [1.54, 1.807) is 7.11 Å². The van der Waals surface area contributed by atoms with Crippen LogP contribution in [0.5, 0.6) is 5.75 Å². The van der Waals surface area contributed by atoms with E-state index in [1.165, 1.54) is 0 Å². The zero-order valence-electron chi connectivity index (χ0n) is 18.2. The van der Waals surface area contributed by atoms with Crippen molar-refractivity contribution < 1.29 is 14.3 Å². The monoisotopic (exact) mass is 429 g/mol. The smallest absolute Gasteiger partial charge is 0.256 e. The number of anilines is 2. The molecule has 0 aromatic heterocycles. The second kappa shape index (κ2) is 8.54. The number of piperazine rings is 1. The summed E-state index contributed by atoms with van der Waals surface area (Å²) >= 11 is 0. The Bertz CT molecular complexity index is 1160. The number of carbonyl (C=O) groups is 2. The quantitative estimate of drug-likeness (QED) is 0.662. The van der Waals surface area contributed by atoms with Gasteiger partial charge in [-0.25, -0.2) is 0 Å². The fourth-order valence-electron chi connectivity index (χ4n) is 4.25. The molecular formula is C26H27N3O3. The number of nitrogens with zero attached hydrogens (tertiary/aromatic N) is 2. The molecule has 1 heterocycles. The first-order valence-electron chi connectivity index (χ1n) is 11.1. The zero-order valence-corrected chi connectivity index (χ0v) is 18.2. The van der Waals surface area contributed by atoms with Crippen molar-refractivity contribution in [1.82, 2.24) is 4.90 Å². The Labute approximate surface area is 187 Å². The molecule has 0 bridgehead atoms. The topological polar surface area (TPSA) is 61.9 Å². The molecule has 0 spiro atoms. The van der Waals surface area contributed by atoms with Gasteiger partial charge in [-0.15, -0.1) is 0 Å². The Morgan fingerprint density at radius 3 is 2.31 bits per heavy atom. The van der Waals surface area contributed by atoms with Crippen LogP contribution >= 0.6 is 0 Å². The van der Waals surface area contributed by atoms with E-state index in [2.05, 4.69) is 16.3 Å². The van der Waals surface area contributed by atoms with Crippen LogP contribution in [-0.2, 0) is 4.79 Å². The lowest BCUT2D eigenvalue weighted by atomic mass is 10.0.